The minimum atomic E-state index is -0.175. The van der Waals surface area contributed by atoms with E-state index in [1.165, 1.54) is 25.7 Å². The van der Waals surface area contributed by atoms with Crippen LogP contribution in [0.25, 0.3) is 0 Å². The summed E-state index contributed by atoms with van der Waals surface area (Å²) in [7, 11) is 0. The molecule has 0 saturated heterocycles. The molecule has 0 aliphatic heterocycles. The van der Waals surface area contributed by atoms with Gasteiger partial charge in [0, 0.05) is 13.1 Å². The quantitative estimate of drug-likeness (QED) is 0.790. The largest absolute Gasteiger partial charge is 0.368 e. The molecule has 5 nitrogen and oxygen atoms in total. The first-order valence-corrected chi connectivity index (χ1v) is 7.05. The average Bonchev–Trinajstić information content (AvgIpc) is 3.18. The number of carbonyl (C=O) groups is 1. The Bertz CT molecular complexity index is 426. The van der Waals surface area contributed by atoms with Crippen molar-refractivity contribution in [2.75, 3.05) is 18.4 Å². The number of rotatable bonds is 7. The maximum Gasteiger partial charge on any atom is 0.271 e. The normalized spacial score (nSPS) is 15.9. The van der Waals surface area contributed by atoms with Crippen molar-refractivity contribution in [3.8, 4) is 0 Å². The molecule has 1 fully saturated rings. The predicted molar refractivity (Wildman–Crippen MR) is 75.1 cm³/mol. The highest BCUT2D eigenvalue weighted by Crippen LogP contribution is 2.49. The third-order valence-electron chi connectivity index (χ3n) is 3.62. The Morgan fingerprint density at radius 1 is 1.32 bits per heavy atom. The molecule has 0 bridgehead atoms. The molecule has 19 heavy (non-hydrogen) atoms. The summed E-state index contributed by atoms with van der Waals surface area (Å²) in [6, 6.07) is 3.53. The maximum atomic E-state index is 11.5. The molecule has 1 aromatic heterocycles. The van der Waals surface area contributed by atoms with Gasteiger partial charge in [-0.2, -0.15) is 0 Å². The van der Waals surface area contributed by atoms with Crippen LogP contribution < -0.4 is 10.6 Å². The van der Waals surface area contributed by atoms with Crippen LogP contribution in [0.5, 0.6) is 0 Å². The van der Waals surface area contributed by atoms with Crippen LogP contribution in [0, 0.1) is 5.41 Å². The maximum absolute atomic E-state index is 11.5. The minimum Gasteiger partial charge on any atom is -0.368 e. The zero-order valence-electron chi connectivity index (χ0n) is 11.7. The molecule has 5 heteroatoms. The fourth-order valence-corrected chi connectivity index (χ4v) is 2.30. The SMILES string of the molecule is CCCC1(CNc2ccc(C(=O)NCC)nn2)CC1. The Kier molecular flexibility index (Phi) is 4.35. The molecule has 1 aromatic rings. The fraction of sp³-hybridized carbons (Fsp3) is 0.643. The van der Waals surface area contributed by atoms with Crippen LogP contribution in [0.3, 0.4) is 0 Å². The van der Waals surface area contributed by atoms with E-state index in [1.807, 2.05) is 13.0 Å². The zero-order chi connectivity index (χ0) is 13.7. The summed E-state index contributed by atoms with van der Waals surface area (Å²) in [5, 5.41) is 14.0. The molecule has 1 heterocycles. The molecule has 0 atom stereocenters. The van der Waals surface area contributed by atoms with Crippen LogP contribution in [0.1, 0.15) is 50.0 Å². The average molecular weight is 262 g/mol. The predicted octanol–water partition coefficient (Wildman–Crippen LogP) is 2.22. The van der Waals surface area contributed by atoms with Gasteiger partial charge in [0.15, 0.2) is 5.69 Å². The summed E-state index contributed by atoms with van der Waals surface area (Å²) in [5.74, 6) is 0.571. The van der Waals surface area contributed by atoms with Gasteiger partial charge in [-0.15, -0.1) is 10.2 Å². The number of amides is 1. The minimum absolute atomic E-state index is 0.175. The van der Waals surface area contributed by atoms with Gasteiger partial charge in [0.25, 0.3) is 5.91 Å². The lowest BCUT2D eigenvalue weighted by molar-refractivity contribution is 0.0950. The van der Waals surface area contributed by atoms with Crippen LogP contribution >= 0.6 is 0 Å². The van der Waals surface area contributed by atoms with E-state index in [9.17, 15) is 4.79 Å². The molecule has 1 aliphatic rings. The van der Waals surface area contributed by atoms with Gasteiger partial charge in [0.1, 0.15) is 5.82 Å². The van der Waals surface area contributed by atoms with Crippen molar-refractivity contribution in [2.24, 2.45) is 5.41 Å². The molecule has 1 saturated carbocycles. The first kappa shape index (κ1) is 13.8. The lowest BCUT2D eigenvalue weighted by atomic mass is 10.0. The van der Waals surface area contributed by atoms with Crippen LogP contribution in [-0.2, 0) is 0 Å². The third kappa shape index (κ3) is 3.66. The lowest BCUT2D eigenvalue weighted by Gasteiger charge is -2.14. The highest BCUT2D eigenvalue weighted by molar-refractivity contribution is 5.92. The highest BCUT2D eigenvalue weighted by atomic mass is 16.1. The van der Waals surface area contributed by atoms with Gasteiger partial charge in [-0.25, -0.2) is 0 Å². The molecule has 104 valence electrons. The Balaban J connectivity index is 1.87. The van der Waals surface area contributed by atoms with Crippen molar-refractivity contribution in [3.63, 3.8) is 0 Å². The van der Waals surface area contributed by atoms with Crippen molar-refractivity contribution >= 4 is 11.7 Å². The third-order valence-corrected chi connectivity index (χ3v) is 3.62. The topological polar surface area (TPSA) is 66.9 Å². The first-order valence-electron chi connectivity index (χ1n) is 7.05. The summed E-state index contributed by atoms with van der Waals surface area (Å²) >= 11 is 0. The van der Waals surface area contributed by atoms with E-state index in [2.05, 4.69) is 27.8 Å². The van der Waals surface area contributed by atoms with E-state index in [-0.39, 0.29) is 5.91 Å². The molecular formula is C14H22N4O. The lowest BCUT2D eigenvalue weighted by Crippen LogP contribution is -2.24. The number of nitrogens with zero attached hydrogens (tertiary/aromatic N) is 2. The Hall–Kier alpha value is -1.65. The number of nitrogens with one attached hydrogen (secondary N) is 2. The van der Waals surface area contributed by atoms with Crippen LogP contribution in [0.15, 0.2) is 12.1 Å². The van der Waals surface area contributed by atoms with E-state index in [1.54, 1.807) is 6.07 Å². The van der Waals surface area contributed by atoms with Crippen LogP contribution in [-0.4, -0.2) is 29.2 Å². The monoisotopic (exact) mass is 262 g/mol. The second kappa shape index (κ2) is 5.99. The van der Waals surface area contributed by atoms with Crippen molar-refractivity contribution in [2.45, 2.75) is 39.5 Å². The molecule has 2 rings (SSSR count). The summed E-state index contributed by atoms with van der Waals surface area (Å²) in [5.41, 5.74) is 0.844. The fourth-order valence-electron chi connectivity index (χ4n) is 2.30. The summed E-state index contributed by atoms with van der Waals surface area (Å²) in [4.78, 5) is 11.5. The van der Waals surface area contributed by atoms with Gasteiger partial charge in [-0.3, -0.25) is 4.79 Å². The van der Waals surface area contributed by atoms with Gasteiger partial charge in [-0.05, 0) is 43.7 Å². The number of anilines is 1. The van der Waals surface area contributed by atoms with E-state index in [0.717, 1.165) is 12.4 Å². The second-order valence-electron chi connectivity index (χ2n) is 5.27. The van der Waals surface area contributed by atoms with E-state index >= 15 is 0 Å². The Labute approximate surface area is 114 Å². The van der Waals surface area contributed by atoms with Crippen LogP contribution in [0.4, 0.5) is 5.82 Å². The molecule has 1 aliphatic carbocycles. The number of aromatic nitrogens is 2. The van der Waals surface area contributed by atoms with E-state index < -0.39 is 0 Å². The summed E-state index contributed by atoms with van der Waals surface area (Å²) in [6.07, 6.45) is 5.10. The molecule has 0 unspecified atom stereocenters. The second-order valence-corrected chi connectivity index (χ2v) is 5.27. The van der Waals surface area contributed by atoms with Gasteiger partial charge in [0.05, 0.1) is 0 Å². The van der Waals surface area contributed by atoms with Gasteiger partial charge < -0.3 is 10.6 Å². The van der Waals surface area contributed by atoms with E-state index in [0.29, 0.717) is 17.7 Å². The molecule has 1 amide bonds. The first-order chi connectivity index (χ1) is 9.19. The van der Waals surface area contributed by atoms with Crippen molar-refractivity contribution in [1.82, 2.24) is 15.5 Å². The molecule has 0 aromatic carbocycles. The summed E-state index contributed by atoms with van der Waals surface area (Å²) in [6.45, 7) is 5.65. The van der Waals surface area contributed by atoms with Crippen molar-refractivity contribution < 1.29 is 4.79 Å². The van der Waals surface area contributed by atoms with Gasteiger partial charge in [0.2, 0.25) is 0 Å². The van der Waals surface area contributed by atoms with Crippen molar-refractivity contribution in [1.29, 1.82) is 0 Å². The number of carbonyl (C=O) groups excluding carboxylic acids is 1. The highest BCUT2D eigenvalue weighted by Gasteiger charge is 2.41. The van der Waals surface area contributed by atoms with Crippen LogP contribution in [0.2, 0.25) is 0 Å². The molecule has 0 radical (unpaired) electrons. The van der Waals surface area contributed by atoms with Gasteiger partial charge >= 0.3 is 0 Å². The Morgan fingerprint density at radius 3 is 2.63 bits per heavy atom. The smallest absolute Gasteiger partial charge is 0.271 e. The molecule has 0 spiro atoms. The van der Waals surface area contributed by atoms with Crippen molar-refractivity contribution in [3.05, 3.63) is 17.8 Å². The Morgan fingerprint density at radius 2 is 2.11 bits per heavy atom. The standard InChI is InChI=1S/C14H22N4O/c1-3-7-14(8-9-14)10-16-12-6-5-11(17-18-12)13(19)15-4-2/h5-6H,3-4,7-10H2,1-2H3,(H,15,19)(H,16,18). The van der Waals surface area contributed by atoms with Gasteiger partial charge in [-0.1, -0.05) is 13.3 Å². The molecular weight excluding hydrogens is 240 g/mol. The number of hydrogen-bond donors (Lipinski definition) is 2. The zero-order valence-corrected chi connectivity index (χ0v) is 11.7. The summed E-state index contributed by atoms with van der Waals surface area (Å²) < 4.78 is 0. The number of hydrogen-bond acceptors (Lipinski definition) is 4. The van der Waals surface area contributed by atoms with E-state index in [4.69, 9.17) is 0 Å². The molecule has 2 N–H and O–H groups in total.